The number of rotatable bonds is 9. The minimum atomic E-state index is -0.255. The van der Waals surface area contributed by atoms with Crippen molar-refractivity contribution < 1.29 is 13.3 Å². The van der Waals surface area contributed by atoms with E-state index in [4.69, 9.17) is 33.2 Å². The van der Waals surface area contributed by atoms with Crippen LogP contribution in [0.25, 0.3) is 5.70 Å². The molecule has 0 amide bonds. The third kappa shape index (κ3) is 7.25. The van der Waals surface area contributed by atoms with E-state index in [0.29, 0.717) is 41.5 Å². The smallest absolute Gasteiger partial charge is 0.199 e. The van der Waals surface area contributed by atoms with Gasteiger partial charge in [-0.25, -0.2) is 20.0 Å². The standard InChI is InChI=1S/C46H46N8O3/c1-29-11-17-42(56-29)47-39-27-32(53-19-5-3-6-20-53)13-15-34(39)37-25-31-24-36-44(49-37)51-46(41-10-9-23-55-41)52-45(36)50-38(26-31)35-16-14-33(54-21-7-4-8-22-54)28-40(35)48-43-18-12-30(2)57-43/h9-18,23,25-28,36,47-48H,3-8,19-22,24H2,1-2H3. The van der Waals surface area contributed by atoms with Crippen LogP contribution in [-0.2, 0) is 0 Å². The fourth-order valence-electron chi connectivity index (χ4n) is 8.44. The van der Waals surface area contributed by atoms with Gasteiger partial charge in [-0.3, -0.25) is 0 Å². The lowest BCUT2D eigenvalue weighted by Crippen LogP contribution is -2.29. The van der Waals surface area contributed by atoms with Crippen molar-refractivity contribution in [2.45, 2.75) is 58.8 Å². The number of nitrogens with zero attached hydrogens (tertiary/aromatic N) is 6. The van der Waals surface area contributed by atoms with E-state index >= 15 is 0 Å². The summed E-state index contributed by atoms with van der Waals surface area (Å²) in [7, 11) is 0. The molecule has 11 heteroatoms. The Hall–Kier alpha value is -6.36. The van der Waals surface area contributed by atoms with Gasteiger partial charge in [-0.1, -0.05) is 0 Å². The van der Waals surface area contributed by atoms with E-state index in [1.807, 2.05) is 50.2 Å². The summed E-state index contributed by atoms with van der Waals surface area (Å²) in [5, 5.41) is 7.21. The minimum absolute atomic E-state index is 0.255. The summed E-state index contributed by atoms with van der Waals surface area (Å²) in [6, 6.07) is 24.9. The number of nitrogens with one attached hydrogen (secondary N) is 2. The Balaban J connectivity index is 1.12. The highest BCUT2D eigenvalue weighted by molar-refractivity contribution is 6.27. The number of benzene rings is 2. The van der Waals surface area contributed by atoms with Gasteiger partial charge >= 0.3 is 0 Å². The van der Waals surface area contributed by atoms with Crippen LogP contribution in [-0.4, -0.2) is 49.4 Å². The molecule has 5 aliphatic heterocycles. The molecule has 0 spiro atoms. The van der Waals surface area contributed by atoms with E-state index in [1.165, 1.54) is 49.9 Å². The second-order valence-electron chi connectivity index (χ2n) is 15.5. The number of allylic oxidation sites excluding steroid dienone is 3. The summed E-state index contributed by atoms with van der Waals surface area (Å²) in [5.41, 5.74) is 8.76. The molecule has 5 aromatic rings. The van der Waals surface area contributed by atoms with Gasteiger partial charge in [-0.15, -0.1) is 0 Å². The number of piperidine rings is 2. The Morgan fingerprint density at radius 1 is 0.614 bits per heavy atom. The van der Waals surface area contributed by atoms with Crippen LogP contribution < -0.4 is 20.4 Å². The quantitative estimate of drug-likeness (QED) is 0.154. The zero-order valence-electron chi connectivity index (χ0n) is 32.4. The number of aliphatic imine (C=N–C) groups is 4. The molecule has 1 atom stereocenters. The van der Waals surface area contributed by atoms with Crippen molar-refractivity contribution in [1.82, 2.24) is 0 Å². The molecule has 2 bridgehead atoms. The lowest BCUT2D eigenvalue weighted by Gasteiger charge is -2.29. The first-order chi connectivity index (χ1) is 28.0. The number of furan rings is 3. The maximum absolute atomic E-state index is 6.04. The van der Waals surface area contributed by atoms with Crippen LogP contribution in [0.1, 0.15) is 73.4 Å². The van der Waals surface area contributed by atoms with Crippen molar-refractivity contribution in [3.05, 3.63) is 125 Å². The third-order valence-corrected chi connectivity index (χ3v) is 11.4. The number of fused-ring (bicyclic) bond motifs is 1. The summed E-state index contributed by atoms with van der Waals surface area (Å²) in [6.45, 7) is 8.09. The van der Waals surface area contributed by atoms with E-state index in [9.17, 15) is 0 Å². The molecule has 8 heterocycles. The highest BCUT2D eigenvalue weighted by Crippen LogP contribution is 2.39. The molecule has 2 saturated heterocycles. The molecule has 0 saturated carbocycles. The van der Waals surface area contributed by atoms with Gasteiger partial charge in [0.1, 0.15) is 23.2 Å². The fourth-order valence-corrected chi connectivity index (χ4v) is 8.44. The topological polar surface area (TPSA) is 119 Å². The van der Waals surface area contributed by atoms with Crippen LogP contribution in [0.2, 0.25) is 0 Å². The highest BCUT2D eigenvalue weighted by Gasteiger charge is 2.34. The Morgan fingerprint density at radius 2 is 1.23 bits per heavy atom. The van der Waals surface area contributed by atoms with Crippen LogP contribution in [0.3, 0.4) is 0 Å². The van der Waals surface area contributed by atoms with Crippen molar-refractivity contribution in [3.8, 4) is 0 Å². The van der Waals surface area contributed by atoms with Gasteiger partial charge in [0, 0.05) is 60.8 Å². The van der Waals surface area contributed by atoms with Gasteiger partial charge in [0.25, 0.3) is 0 Å². The van der Waals surface area contributed by atoms with Crippen molar-refractivity contribution in [3.63, 3.8) is 0 Å². The molecule has 11 nitrogen and oxygen atoms in total. The molecule has 10 rings (SSSR count). The predicted molar refractivity (Wildman–Crippen MR) is 229 cm³/mol. The predicted octanol–water partition coefficient (Wildman–Crippen LogP) is 10.6. The maximum Gasteiger partial charge on any atom is 0.199 e. The van der Waals surface area contributed by atoms with Gasteiger partial charge in [0.05, 0.1) is 35.0 Å². The second kappa shape index (κ2) is 14.9. The van der Waals surface area contributed by atoms with Crippen LogP contribution in [0.15, 0.2) is 130 Å². The van der Waals surface area contributed by atoms with Crippen LogP contribution in [0, 0.1) is 19.8 Å². The summed E-state index contributed by atoms with van der Waals surface area (Å²) < 4.78 is 17.9. The third-order valence-electron chi connectivity index (χ3n) is 11.4. The number of hydrogen-bond donors (Lipinski definition) is 2. The molecule has 2 N–H and O–H groups in total. The Kier molecular flexibility index (Phi) is 9.20. The van der Waals surface area contributed by atoms with Crippen molar-refractivity contribution >= 4 is 63.4 Å². The molecule has 288 valence electrons. The van der Waals surface area contributed by atoms with Crippen LogP contribution in [0.5, 0.6) is 0 Å². The van der Waals surface area contributed by atoms with Crippen LogP contribution >= 0.6 is 0 Å². The first kappa shape index (κ1) is 35.1. The number of amidine groups is 3. The van der Waals surface area contributed by atoms with E-state index in [2.05, 4.69) is 69.0 Å². The Bertz CT molecular complexity index is 2390. The van der Waals surface area contributed by atoms with Crippen molar-refractivity contribution in [2.24, 2.45) is 25.9 Å². The average Bonchev–Trinajstić information content (AvgIpc) is 3.97. The van der Waals surface area contributed by atoms with Gasteiger partial charge in [0.15, 0.2) is 23.4 Å². The monoisotopic (exact) mass is 758 g/mol. The number of aryl methyl sites for hydroxylation is 2. The second-order valence-corrected chi connectivity index (χ2v) is 15.5. The molecule has 2 aromatic carbocycles. The fraction of sp³-hybridized carbons (Fsp3) is 0.304. The van der Waals surface area contributed by atoms with Crippen molar-refractivity contribution in [2.75, 3.05) is 46.6 Å². The van der Waals surface area contributed by atoms with Gasteiger partial charge < -0.3 is 33.7 Å². The molecule has 0 aliphatic carbocycles. The minimum Gasteiger partial charge on any atom is -0.461 e. The summed E-state index contributed by atoms with van der Waals surface area (Å²) in [4.78, 5) is 25.7. The van der Waals surface area contributed by atoms with Gasteiger partial charge in [0.2, 0.25) is 0 Å². The number of hydrogen-bond acceptors (Lipinski definition) is 11. The average molecular weight is 759 g/mol. The van der Waals surface area contributed by atoms with E-state index in [-0.39, 0.29) is 5.92 Å². The normalized spacial score (nSPS) is 19.4. The summed E-state index contributed by atoms with van der Waals surface area (Å²) in [6.07, 6.45) is 14.0. The molecule has 57 heavy (non-hydrogen) atoms. The zero-order chi connectivity index (χ0) is 38.3. The molecule has 2 fully saturated rings. The largest absolute Gasteiger partial charge is 0.461 e. The highest BCUT2D eigenvalue weighted by atomic mass is 16.4. The lowest BCUT2D eigenvalue weighted by atomic mass is 9.96. The van der Waals surface area contributed by atoms with E-state index in [1.54, 1.807) is 6.26 Å². The maximum atomic E-state index is 6.04. The lowest BCUT2D eigenvalue weighted by molar-refractivity contribution is 0.550. The molecule has 0 radical (unpaired) electrons. The Labute approximate surface area is 332 Å². The summed E-state index contributed by atoms with van der Waals surface area (Å²) >= 11 is 0. The summed E-state index contributed by atoms with van der Waals surface area (Å²) in [5.74, 6) is 5.11. The first-order valence-corrected chi connectivity index (χ1v) is 20.3. The van der Waals surface area contributed by atoms with E-state index in [0.717, 1.165) is 77.2 Å². The SMILES string of the molecule is Cc1ccc(Nc2cc(N3CCCCC3)ccc2C2=CC3=CC(c4ccc(N5CCCCC5)cc4Nc4ccc(C)o4)=NC4=NC(c5ccco5)=NC(=N2)C4C3)o1. The molecule has 3 aromatic heterocycles. The van der Waals surface area contributed by atoms with Crippen molar-refractivity contribution in [1.29, 1.82) is 0 Å². The molecule has 5 aliphatic rings. The zero-order valence-corrected chi connectivity index (χ0v) is 32.4. The molecular weight excluding hydrogens is 713 g/mol. The van der Waals surface area contributed by atoms with E-state index < -0.39 is 0 Å². The first-order valence-electron chi connectivity index (χ1n) is 20.3. The van der Waals surface area contributed by atoms with Crippen LogP contribution in [0.4, 0.5) is 34.5 Å². The number of anilines is 6. The van der Waals surface area contributed by atoms with Gasteiger partial charge in [-0.2, -0.15) is 0 Å². The van der Waals surface area contributed by atoms with Gasteiger partial charge in [-0.05, 0) is 137 Å². The molecular formula is C46H46N8O3. The molecule has 1 unspecified atom stereocenters. The Morgan fingerprint density at radius 3 is 1.82 bits per heavy atom.